The molecule has 9 nitrogen and oxygen atoms in total. The molecule has 32 heavy (non-hydrogen) atoms. The van der Waals surface area contributed by atoms with E-state index in [1.807, 2.05) is 12.1 Å². The molecule has 1 fully saturated rings. The lowest BCUT2D eigenvalue weighted by Gasteiger charge is -2.12. The van der Waals surface area contributed by atoms with Crippen LogP contribution in [0.25, 0.3) is 0 Å². The van der Waals surface area contributed by atoms with Crippen LogP contribution in [0.2, 0.25) is 0 Å². The largest absolute Gasteiger partial charge is 0.495 e. The molecule has 0 spiro atoms. The Kier molecular flexibility index (Phi) is 6.31. The maximum Gasteiger partial charge on any atom is 0.255 e. The summed E-state index contributed by atoms with van der Waals surface area (Å²) in [6.45, 7) is 1.78. The third-order valence-corrected chi connectivity index (χ3v) is 6.11. The molecular formula is C22H24N6O3S. The van der Waals surface area contributed by atoms with Gasteiger partial charge in [0, 0.05) is 17.2 Å². The minimum Gasteiger partial charge on any atom is -0.495 e. The van der Waals surface area contributed by atoms with Crippen LogP contribution < -0.4 is 21.2 Å². The van der Waals surface area contributed by atoms with E-state index >= 15 is 0 Å². The Labute approximate surface area is 189 Å². The molecule has 0 aliphatic heterocycles. The van der Waals surface area contributed by atoms with Crippen molar-refractivity contribution in [2.75, 3.05) is 23.6 Å². The van der Waals surface area contributed by atoms with Gasteiger partial charge in [0.1, 0.15) is 5.75 Å². The van der Waals surface area contributed by atoms with Crippen LogP contribution in [-0.4, -0.2) is 39.0 Å². The summed E-state index contributed by atoms with van der Waals surface area (Å²) in [4.78, 5) is 25.1. The Hall–Kier alpha value is -3.53. The SMILES string of the molecule is COc1ccccc1NC(=O)c1ccc(NC(=O)[C@H](C)Sc2nnc(C3CC3)n2N)cc1. The number of para-hydroxylation sites is 2. The van der Waals surface area contributed by atoms with Gasteiger partial charge in [-0.25, -0.2) is 4.68 Å². The Bertz CT molecular complexity index is 1130. The van der Waals surface area contributed by atoms with E-state index in [4.69, 9.17) is 10.6 Å². The van der Waals surface area contributed by atoms with Crippen LogP contribution in [0.4, 0.5) is 11.4 Å². The lowest BCUT2D eigenvalue weighted by molar-refractivity contribution is -0.115. The number of thioether (sulfide) groups is 1. The molecule has 1 heterocycles. The molecule has 0 bridgehead atoms. The van der Waals surface area contributed by atoms with E-state index in [2.05, 4.69) is 20.8 Å². The molecule has 4 rings (SSSR count). The average Bonchev–Trinajstić information content (AvgIpc) is 3.58. The van der Waals surface area contributed by atoms with Crippen LogP contribution in [0.3, 0.4) is 0 Å². The number of anilines is 2. The summed E-state index contributed by atoms with van der Waals surface area (Å²) < 4.78 is 6.72. The lowest BCUT2D eigenvalue weighted by atomic mass is 10.2. The molecule has 1 atom stereocenters. The molecule has 2 aromatic carbocycles. The second kappa shape index (κ2) is 9.31. The molecule has 3 aromatic rings. The third-order valence-electron chi connectivity index (χ3n) is 5.05. The van der Waals surface area contributed by atoms with Crippen molar-refractivity contribution in [3.05, 3.63) is 59.9 Å². The summed E-state index contributed by atoms with van der Waals surface area (Å²) in [5.41, 5.74) is 1.63. The zero-order valence-corrected chi connectivity index (χ0v) is 18.6. The maximum absolute atomic E-state index is 12.6. The number of hydrogen-bond donors (Lipinski definition) is 3. The van der Waals surface area contributed by atoms with Gasteiger partial charge in [0.2, 0.25) is 11.1 Å². The van der Waals surface area contributed by atoms with Gasteiger partial charge in [0.25, 0.3) is 5.91 Å². The number of hydrogen-bond acceptors (Lipinski definition) is 7. The van der Waals surface area contributed by atoms with E-state index in [0.717, 1.165) is 18.7 Å². The molecule has 0 unspecified atom stereocenters. The van der Waals surface area contributed by atoms with Crippen molar-refractivity contribution in [3.63, 3.8) is 0 Å². The molecule has 166 valence electrons. The number of carbonyl (C=O) groups is 2. The van der Waals surface area contributed by atoms with Gasteiger partial charge >= 0.3 is 0 Å². The predicted octanol–water partition coefficient (Wildman–Crippen LogP) is 3.25. The highest BCUT2D eigenvalue weighted by Crippen LogP contribution is 2.39. The monoisotopic (exact) mass is 452 g/mol. The van der Waals surface area contributed by atoms with Gasteiger partial charge < -0.3 is 21.2 Å². The van der Waals surface area contributed by atoms with E-state index in [1.165, 1.54) is 16.4 Å². The first-order chi connectivity index (χ1) is 15.5. The molecule has 1 saturated carbocycles. The van der Waals surface area contributed by atoms with E-state index < -0.39 is 5.25 Å². The highest BCUT2D eigenvalue weighted by Gasteiger charge is 2.30. The van der Waals surface area contributed by atoms with Crippen molar-refractivity contribution < 1.29 is 14.3 Å². The first kappa shape index (κ1) is 21.7. The zero-order valence-electron chi connectivity index (χ0n) is 17.7. The number of ether oxygens (including phenoxy) is 1. The number of methoxy groups -OCH3 is 1. The quantitative estimate of drug-likeness (QED) is 0.354. The molecule has 1 aromatic heterocycles. The zero-order chi connectivity index (χ0) is 22.7. The fraction of sp³-hybridized carbons (Fsp3) is 0.273. The normalized spacial score (nSPS) is 13.9. The smallest absolute Gasteiger partial charge is 0.255 e. The minimum absolute atomic E-state index is 0.197. The molecule has 2 amide bonds. The van der Waals surface area contributed by atoms with E-state index in [1.54, 1.807) is 50.4 Å². The number of aromatic nitrogens is 3. The van der Waals surface area contributed by atoms with Crippen molar-refractivity contribution in [2.45, 2.75) is 36.1 Å². The predicted molar refractivity (Wildman–Crippen MR) is 123 cm³/mol. The van der Waals surface area contributed by atoms with Crippen molar-refractivity contribution in [3.8, 4) is 5.75 Å². The van der Waals surface area contributed by atoms with Crippen molar-refractivity contribution in [1.29, 1.82) is 0 Å². The van der Waals surface area contributed by atoms with Crippen LogP contribution in [0, 0.1) is 0 Å². The fourth-order valence-corrected chi connectivity index (χ4v) is 3.87. The molecule has 10 heteroatoms. The first-order valence-corrected chi connectivity index (χ1v) is 11.1. The maximum atomic E-state index is 12.6. The summed E-state index contributed by atoms with van der Waals surface area (Å²) in [7, 11) is 1.55. The summed E-state index contributed by atoms with van der Waals surface area (Å²) in [5.74, 6) is 7.31. The second-order valence-electron chi connectivity index (χ2n) is 7.47. The lowest BCUT2D eigenvalue weighted by Crippen LogP contribution is -2.24. The Morgan fingerprint density at radius 1 is 1.12 bits per heavy atom. The van der Waals surface area contributed by atoms with Crippen LogP contribution in [0.5, 0.6) is 5.75 Å². The van der Waals surface area contributed by atoms with E-state index in [0.29, 0.717) is 33.8 Å². The van der Waals surface area contributed by atoms with Gasteiger partial charge in [-0.2, -0.15) is 0 Å². The number of nitrogens with two attached hydrogens (primary N) is 1. The van der Waals surface area contributed by atoms with Gasteiger partial charge in [-0.1, -0.05) is 23.9 Å². The van der Waals surface area contributed by atoms with Gasteiger partial charge in [0.05, 0.1) is 18.0 Å². The van der Waals surface area contributed by atoms with Gasteiger partial charge in [-0.3, -0.25) is 9.59 Å². The summed E-state index contributed by atoms with van der Waals surface area (Å²) in [6, 6.07) is 13.8. The summed E-state index contributed by atoms with van der Waals surface area (Å²) in [5, 5.41) is 14.0. The van der Waals surface area contributed by atoms with Gasteiger partial charge in [-0.15, -0.1) is 10.2 Å². The first-order valence-electron chi connectivity index (χ1n) is 10.2. The average molecular weight is 453 g/mol. The van der Waals surface area contributed by atoms with Gasteiger partial charge in [-0.05, 0) is 56.2 Å². The summed E-state index contributed by atoms with van der Waals surface area (Å²) >= 11 is 1.25. The number of nitrogens with zero attached hydrogens (tertiary/aromatic N) is 3. The molecule has 0 radical (unpaired) electrons. The van der Waals surface area contributed by atoms with Gasteiger partial charge in [0.15, 0.2) is 5.82 Å². The third kappa shape index (κ3) is 4.86. The molecule has 1 aliphatic rings. The van der Waals surface area contributed by atoms with Crippen LogP contribution in [-0.2, 0) is 4.79 Å². The van der Waals surface area contributed by atoms with Crippen molar-refractivity contribution in [1.82, 2.24) is 14.9 Å². The van der Waals surface area contributed by atoms with Crippen LogP contribution in [0.1, 0.15) is 41.9 Å². The molecule has 1 aliphatic carbocycles. The molecule has 0 saturated heterocycles. The Morgan fingerprint density at radius 3 is 2.53 bits per heavy atom. The summed E-state index contributed by atoms with van der Waals surface area (Å²) in [6.07, 6.45) is 2.14. The van der Waals surface area contributed by atoms with Crippen LogP contribution in [0.15, 0.2) is 53.7 Å². The number of carbonyl (C=O) groups excluding carboxylic acids is 2. The number of rotatable bonds is 8. The van der Waals surface area contributed by atoms with Crippen molar-refractivity contribution >= 4 is 35.0 Å². The second-order valence-corrected chi connectivity index (χ2v) is 8.77. The standard InChI is InChI=1S/C22H24N6O3S/c1-13(32-22-27-26-19(28(22)23)14-7-8-14)20(29)24-16-11-9-15(10-12-16)21(30)25-17-5-3-4-6-18(17)31-2/h3-6,9-14H,7-8,23H2,1-2H3,(H,24,29)(H,25,30)/t13-/m0/s1. The van der Waals surface area contributed by atoms with E-state index in [9.17, 15) is 9.59 Å². The van der Waals surface area contributed by atoms with Crippen molar-refractivity contribution in [2.24, 2.45) is 0 Å². The fourth-order valence-electron chi connectivity index (χ4n) is 3.09. The number of nitrogen functional groups attached to an aromatic ring is 1. The molecular weight excluding hydrogens is 428 g/mol. The number of nitrogens with one attached hydrogen (secondary N) is 2. The number of benzene rings is 2. The highest BCUT2D eigenvalue weighted by molar-refractivity contribution is 8.00. The topological polar surface area (TPSA) is 124 Å². The van der Waals surface area contributed by atoms with Crippen LogP contribution >= 0.6 is 11.8 Å². The highest BCUT2D eigenvalue weighted by atomic mass is 32.2. The Morgan fingerprint density at radius 2 is 1.84 bits per heavy atom. The molecule has 4 N–H and O–H groups in total. The Balaban J connectivity index is 1.34. The van der Waals surface area contributed by atoms with E-state index in [-0.39, 0.29) is 11.8 Å². The minimum atomic E-state index is -0.429. The number of amides is 2.